The van der Waals surface area contributed by atoms with Crippen molar-refractivity contribution in [3.63, 3.8) is 0 Å². The molecule has 0 saturated heterocycles. The minimum absolute atomic E-state index is 0.0855. The van der Waals surface area contributed by atoms with Crippen molar-refractivity contribution < 1.29 is 14.7 Å². The molecule has 0 saturated carbocycles. The van der Waals surface area contributed by atoms with E-state index in [-0.39, 0.29) is 19.0 Å². The fourth-order valence-corrected chi connectivity index (χ4v) is 1.84. The van der Waals surface area contributed by atoms with Crippen molar-refractivity contribution in [3.05, 3.63) is 29.8 Å². The Bertz CT molecular complexity index is 460. The van der Waals surface area contributed by atoms with Crippen molar-refractivity contribution >= 4 is 17.7 Å². The van der Waals surface area contributed by atoms with Crippen LogP contribution in [0.1, 0.15) is 18.4 Å². The molecule has 0 heterocycles. The van der Waals surface area contributed by atoms with Crippen molar-refractivity contribution in [3.8, 4) is 0 Å². The number of urea groups is 1. The summed E-state index contributed by atoms with van der Waals surface area (Å²) in [4.78, 5) is 24.4. The predicted octanol–water partition coefficient (Wildman–Crippen LogP) is 1.60. The maximum absolute atomic E-state index is 12.2. The zero-order valence-corrected chi connectivity index (χ0v) is 12.6. The van der Waals surface area contributed by atoms with E-state index in [9.17, 15) is 9.59 Å². The Morgan fingerprint density at radius 2 is 1.86 bits per heavy atom. The van der Waals surface area contributed by atoms with Crippen LogP contribution in [0.15, 0.2) is 24.3 Å². The quantitative estimate of drug-likeness (QED) is 0.636. The third-order valence-electron chi connectivity index (χ3n) is 3.02. The molecule has 6 nitrogen and oxygen atoms in total. The van der Waals surface area contributed by atoms with Crippen molar-refractivity contribution in [2.24, 2.45) is 0 Å². The molecule has 21 heavy (non-hydrogen) atoms. The molecule has 2 amide bonds. The van der Waals surface area contributed by atoms with Crippen LogP contribution in [0.4, 0.5) is 10.5 Å². The number of aryl methyl sites for hydroxylation is 1. The van der Waals surface area contributed by atoms with Crippen molar-refractivity contribution in [1.29, 1.82) is 0 Å². The normalized spacial score (nSPS) is 10.2. The number of amides is 2. The second-order valence-electron chi connectivity index (χ2n) is 4.82. The van der Waals surface area contributed by atoms with Gasteiger partial charge in [0.15, 0.2) is 0 Å². The number of hydrogen-bond donors (Lipinski definition) is 3. The lowest BCUT2D eigenvalue weighted by molar-refractivity contribution is -0.136. The number of rotatable bonds is 8. The van der Waals surface area contributed by atoms with E-state index in [4.69, 9.17) is 5.11 Å². The number of carboxylic acid groups (broad SMARTS) is 1. The van der Waals surface area contributed by atoms with Gasteiger partial charge in [0.2, 0.25) is 0 Å². The van der Waals surface area contributed by atoms with E-state index in [1.165, 1.54) is 4.90 Å². The Morgan fingerprint density at radius 3 is 2.43 bits per heavy atom. The van der Waals surface area contributed by atoms with E-state index in [2.05, 4.69) is 10.6 Å². The number of aliphatic carboxylic acids is 1. The highest BCUT2D eigenvalue weighted by Crippen LogP contribution is 2.15. The summed E-state index contributed by atoms with van der Waals surface area (Å²) in [6, 6.07) is 7.18. The summed E-state index contributed by atoms with van der Waals surface area (Å²) in [5.74, 6) is -0.921. The molecule has 0 atom stereocenters. The zero-order chi connectivity index (χ0) is 15.7. The van der Waals surface area contributed by atoms with Gasteiger partial charge in [-0.25, -0.2) is 4.79 Å². The summed E-state index contributed by atoms with van der Waals surface area (Å²) in [6.45, 7) is 3.48. The Morgan fingerprint density at radius 1 is 1.19 bits per heavy atom. The van der Waals surface area contributed by atoms with Gasteiger partial charge in [-0.15, -0.1) is 0 Å². The van der Waals surface area contributed by atoms with Crippen LogP contribution in [0.2, 0.25) is 0 Å². The maximum Gasteiger partial charge on any atom is 0.321 e. The average Bonchev–Trinajstić information content (AvgIpc) is 2.45. The number of nitrogens with zero attached hydrogens (tertiary/aromatic N) is 1. The minimum atomic E-state index is -0.921. The summed E-state index contributed by atoms with van der Waals surface area (Å²) >= 11 is 0. The van der Waals surface area contributed by atoms with Gasteiger partial charge in [0.25, 0.3) is 0 Å². The Labute approximate surface area is 125 Å². The summed E-state index contributed by atoms with van der Waals surface area (Å²) in [7, 11) is 1.85. The molecular weight excluding hydrogens is 270 g/mol. The molecule has 116 valence electrons. The highest BCUT2D eigenvalue weighted by molar-refractivity contribution is 5.92. The Hall–Kier alpha value is -2.08. The van der Waals surface area contributed by atoms with Gasteiger partial charge >= 0.3 is 12.0 Å². The molecule has 6 heteroatoms. The molecule has 0 unspecified atom stereocenters. The van der Waals surface area contributed by atoms with E-state index >= 15 is 0 Å². The molecule has 0 aliphatic rings. The van der Waals surface area contributed by atoms with Crippen LogP contribution < -0.4 is 15.5 Å². The number of benzene rings is 1. The van der Waals surface area contributed by atoms with E-state index in [0.29, 0.717) is 12.2 Å². The molecule has 0 aromatic heterocycles. The third-order valence-corrected chi connectivity index (χ3v) is 3.02. The van der Waals surface area contributed by atoms with Gasteiger partial charge < -0.3 is 15.7 Å². The van der Waals surface area contributed by atoms with Crippen molar-refractivity contribution in [1.82, 2.24) is 10.6 Å². The molecular formula is C15H23N3O3. The monoisotopic (exact) mass is 293 g/mol. The van der Waals surface area contributed by atoms with Crippen molar-refractivity contribution in [2.75, 3.05) is 31.6 Å². The van der Waals surface area contributed by atoms with Gasteiger partial charge in [0.1, 0.15) is 0 Å². The SMILES string of the molecule is CNCCCNC(=O)N(CCC(=O)O)c1ccc(C)cc1. The molecule has 0 spiro atoms. The van der Waals surface area contributed by atoms with Crippen LogP contribution in [0.5, 0.6) is 0 Å². The van der Waals surface area contributed by atoms with Crippen LogP contribution in [0.25, 0.3) is 0 Å². The molecule has 0 radical (unpaired) electrons. The third kappa shape index (κ3) is 6.27. The number of carbonyl (C=O) groups is 2. The second kappa shape index (κ2) is 8.97. The lowest BCUT2D eigenvalue weighted by Crippen LogP contribution is -2.42. The summed E-state index contributed by atoms with van der Waals surface area (Å²) in [5, 5.41) is 14.6. The molecule has 0 aliphatic carbocycles. The highest BCUT2D eigenvalue weighted by atomic mass is 16.4. The lowest BCUT2D eigenvalue weighted by atomic mass is 10.2. The first-order valence-electron chi connectivity index (χ1n) is 7.03. The van der Waals surface area contributed by atoms with E-state index < -0.39 is 5.97 Å². The average molecular weight is 293 g/mol. The first-order chi connectivity index (χ1) is 10.0. The van der Waals surface area contributed by atoms with Crippen LogP contribution in [0.3, 0.4) is 0 Å². The lowest BCUT2D eigenvalue weighted by Gasteiger charge is -2.22. The molecule has 1 rings (SSSR count). The fourth-order valence-electron chi connectivity index (χ4n) is 1.84. The summed E-state index contributed by atoms with van der Waals surface area (Å²) in [5.41, 5.74) is 1.79. The second-order valence-corrected chi connectivity index (χ2v) is 4.82. The first-order valence-corrected chi connectivity index (χ1v) is 7.03. The molecule has 1 aromatic carbocycles. The number of hydrogen-bond acceptors (Lipinski definition) is 3. The van der Waals surface area contributed by atoms with E-state index in [1.54, 1.807) is 0 Å². The van der Waals surface area contributed by atoms with Gasteiger partial charge in [-0.3, -0.25) is 9.69 Å². The largest absolute Gasteiger partial charge is 0.481 e. The van der Waals surface area contributed by atoms with Gasteiger partial charge in [-0.1, -0.05) is 17.7 Å². The summed E-state index contributed by atoms with van der Waals surface area (Å²) < 4.78 is 0. The standard InChI is InChI=1S/C15H23N3O3/c1-12-4-6-13(7-5-12)18(11-8-14(19)20)15(21)17-10-3-9-16-2/h4-7,16H,3,8-11H2,1-2H3,(H,17,21)(H,19,20). The maximum atomic E-state index is 12.2. The Balaban J connectivity index is 2.69. The fraction of sp³-hybridized carbons (Fsp3) is 0.467. The number of nitrogens with one attached hydrogen (secondary N) is 2. The summed E-state index contributed by atoms with van der Waals surface area (Å²) in [6.07, 6.45) is 0.737. The van der Waals surface area contributed by atoms with Gasteiger partial charge in [0.05, 0.1) is 6.42 Å². The van der Waals surface area contributed by atoms with Gasteiger partial charge in [-0.05, 0) is 39.1 Å². The van der Waals surface area contributed by atoms with Gasteiger partial charge in [0, 0.05) is 18.8 Å². The number of carboxylic acids is 1. The zero-order valence-electron chi connectivity index (χ0n) is 12.6. The molecule has 1 aromatic rings. The van der Waals surface area contributed by atoms with Crippen LogP contribution in [-0.2, 0) is 4.79 Å². The van der Waals surface area contributed by atoms with Crippen molar-refractivity contribution in [2.45, 2.75) is 19.8 Å². The van der Waals surface area contributed by atoms with E-state index in [1.807, 2.05) is 38.2 Å². The smallest absolute Gasteiger partial charge is 0.321 e. The molecule has 0 fully saturated rings. The van der Waals surface area contributed by atoms with Crippen LogP contribution >= 0.6 is 0 Å². The molecule has 3 N–H and O–H groups in total. The molecule has 0 aliphatic heterocycles. The van der Waals surface area contributed by atoms with Crippen LogP contribution in [-0.4, -0.2) is 43.8 Å². The van der Waals surface area contributed by atoms with E-state index in [0.717, 1.165) is 18.5 Å². The number of carbonyl (C=O) groups excluding carboxylic acids is 1. The topological polar surface area (TPSA) is 81.7 Å². The van der Waals surface area contributed by atoms with Crippen LogP contribution in [0, 0.1) is 6.92 Å². The Kier molecular flexibility index (Phi) is 7.25. The van der Waals surface area contributed by atoms with Gasteiger partial charge in [-0.2, -0.15) is 0 Å². The molecule has 0 bridgehead atoms. The minimum Gasteiger partial charge on any atom is -0.481 e. The highest BCUT2D eigenvalue weighted by Gasteiger charge is 2.16. The predicted molar refractivity (Wildman–Crippen MR) is 82.7 cm³/mol. The number of anilines is 1. The first kappa shape index (κ1) is 17.0.